The molecule has 1 heterocycles. The van der Waals surface area contributed by atoms with Gasteiger partial charge in [0, 0.05) is 13.2 Å². The van der Waals surface area contributed by atoms with Crippen LogP contribution >= 0.6 is 11.6 Å². The Labute approximate surface area is 130 Å². The fourth-order valence-electron chi connectivity index (χ4n) is 2.68. The monoisotopic (exact) mass is 314 g/mol. The molecule has 118 valence electrons. The summed E-state index contributed by atoms with van der Waals surface area (Å²) in [6.45, 7) is 3.54. The zero-order valence-corrected chi connectivity index (χ0v) is 13.1. The van der Waals surface area contributed by atoms with Gasteiger partial charge in [0.2, 0.25) is 11.2 Å². The molecule has 2 unspecified atom stereocenters. The van der Waals surface area contributed by atoms with Gasteiger partial charge in [0.15, 0.2) is 0 Å². The molecule has 1 fully saturated rings. The number of halogens is 1. The van der Waals surface area contributed by atoms with Crippen LogP contribution in [-0.2, 0) is 0 Å². The smallest absolute Gasteiger partial charge is 0.322 e. The summed E-state index contributed by atoms with van der Waals surface area (Å²) in [5, 5.41) is 12.8. The van der Waals surface area contributed by atoms with Crippen LogP contribution in [0.5, 0.6) is 6.01 Å². The molecular formula is C14H23ClN4O2. The van der Waals surface area contributed by atoms with Gasteiger partial charge < -0.3 is 15.2 Å². The maximum atomic E-state index is 9.43. The number of ether oxygens (including phenoxy) is 1. The van der Waals surface area contributed by atoms with Crippen LogP contribution in [0.1, 0.15) is 39.0 Å². The first-order valence-corrected chi connectivity index (χ1v) is 7.99. The zero-order valence-electron chi connectivity index (χ0n) is 12.4. The van der Waals surface area contributed by atoms with Crippen molar-refractivity contribution in [2.75, 3.05) is 25.1 Å². The van der Waals surface area contributed by atoms with Crippen molar-refractivity contribution in [3.63, 3.8) is 0 Å². The van der Waals surface area contributed by atoms with E-state index >= 15 is 0 Å². The molecule has 0 radical (unpaired) electrons. The average Bonchev–Trinajstić information content (AvgIpc) is 2.50. The summed E-state index contributed by atoms with van der Waals surface area (Å²) in [6, 6.07) is 0.252. The van der Waals surface area contributed by atoms with E-state index < -0.39 is 0 Å². The largest absolute Gasteiger partial charge is 0.463 e. The minimum atomic E-state index is 0.126. The van der Waals surface area contributed by atoms with E-state index in [1.54, 1.807) is 0 Å². The molecule has 0 bridgehead atoms. The Balaban J connectivity index is 1.93. The van der Waals surface area contributed by atoms with Crippen LogP contribution in [0.25, 0.3) is 0 Å². The molecule has 6 nitrogen and oxygen atoms in total. The maximum absolute atomic E-state index is 9.43. The van der Waals surface area contributed by atoms with Crippen LogP contribution in [0.4, 0.5) is 5.95 Å². The van der Waals surface area contributed by atoms with Crippen molar-refractivity contribution in [3.05, 3.63) is 5.28 Å². The standard InChI is InChI=1S/C14H23ClN4O2/c1-2-7-21-14-18-12(15)17-13(19-14)16-8-10-5-3-4-6-11(10)9-20/h10-11,20H,2-9H2,1H3,(H,16,17,18,19). The topological polar surface area (TPSA) is 80.2 Å². The highest BCUT2D eigenvalue weighted by atomic mass is 35.5. The van der Waals surface area contributed by atoms with E-state index in [1.807, 2.05) is 6.92 Å². The Morgan fingerprint density at radius 2 is 2.00 bits per heavy atom. The van der Waals surface area contributed by atoms with Crippen molar-refractivity contribution in [1.29, 1.82) is 0 Å². The Hall–Kier alpha value is -1.14. The first-order chi connectivity index (χ1) is 10.2. The van der Waals surface area contributed by atoms with Crippen molar-refractivity contribution in [1.82, 2.24) is 15.0 Å². The zero-order chi connectivity index (χ0) is 15.1. The number of rotatable bonds is 7. The second-order valence-corrected chi connectivity index (χ2v) is 5.77. The normalized spacial score (nSPS) is 22.0. The van der Waals surface area contributed by atoms with Crippen molar-refractivity contribution < 1.29 is 9.84 Å². The highest BCUT2D eigenvalue weighted by molar-refractivity contribution is 6.28. The molecule has 0 aliphatic heterocycles. The summed E-state index contributed by atoms with van der Waals surface area (Å²) in [4.78, 5) is 12.2. The number of aromatic nitrogens is 3. The molecule has 0 saturated heterocycles. The first kappa shape index (κ1) is 16.2. The first-order valence-electron chi connectivity index (χ1n) is 7.62. The van der Waals surface area contributed by atoms with Crippen LogP contribution in [0.15, 0.2) is 0 Å². The molecule has 0 spiro atoms. The molecule has 1 aromatic heterocycles. The van der Waals surface area contributed by atoms with Gasteiger partial charge in [-0.1, -0.05) is 19.8 Å². The third-order valence-electron chi connectivity index (χ3n) is 3.85. The maximum Gasteiger partial charge on any atom is 0.322 e. The Morgan fingerprint density at radius 3 is 2.71 bits per heavy atom. The second-order valence-electron chi connectivity index (χ2n) is 5.43. The van der Waals surface area contributed by atoms with E-state index in [2.05, 4.69) is 20.3 Å². The van der Waals surface area contributed by atoms with Gasteiger partial charge in [-0.25, -0.2) is 0 Å². The van der Waals surface area contributed by atoms with Gasteiger partial charge in [-0.05, 0) is 42.7 Å². The third kappa shape index (κ3) is 4.97. The number of nitrogens with one attached hydrogen (secondary N) is 1. The van der Waals surface area contributed by atoms with E-state index in [1.165, 1.54) is 12.8 Å². The van der Waals surface area contributed by atoms with Gasteiger partial charge >= 0.3 is 6.01 Å². The summed E-state index contributed by atoms with van der Waals surface area (Å²) >= 11 is 5.88. The van der Waals surface area contributed by atoms with E-state index in [0.717, 1.165) is 25.8 Å². The fourth-order valence-corrected chi connectivity index (χ4v) is 2.84. The molecule has 0 amide bonds. The van der Waals surface area contributed by atoms with E-state index in [0.29, 0.717) is 24.4 Å². The lowest BCUT2D eigenvalue weighted by atomic mass is 9.80. The molecule has 2 atom stereocenters. The van der Waals surface area contributed by atoms with Gasteiger partial charge in [-0.15, -0.1) is 0 Å². The van der Waals surface area contributed by atoms with Gasteiger partial charge in [0.1, 0.15) is 0 Å². The lowest BCUT2D eigenvalue weighted by Crippen LogP contribution is -2.29. The molecule has 1 aromatic rings. The number of hydrogen-bond donors (Lipinski definition) is 2. The van der Waals surface area contributed by atoms with Crippen LogP contribution < -0.4 is 10.1 Å². The van der Waals surface area contributed by atoms with E-state index in [-0.39, 0.29) is 17.9 Å². The minimum Gasteiger partial charge on any atom is -0.463 e. The second kappa shape index (κ2) is 8.34. The SMILES string of the molecule is CCCOc1nc(Cl)nc(NCC2CCCCC2CO)n1. The predicted octanol–water partition coefficient (Wildman–Crippen LogP) is 2.52. The minimum absolute atomic E-state index is 0.126. The highest BCUT2D eigenvalue weighted by Gasteiger charge is 2.24. The number of aliphatic hydroxyl groups is 1. The number of nitrogens with zero attached hydrogens (tertiary/aromatic N) is 3. The summed E-state index contributed by atoms with van der Waals surface area (Å²) in [6.07, 6.45) is 5.51. The van der Waals surface area contributed by atoms with Crippen LogP contribution in [0.3, 0.4) is 0 Å². The van der Waals surface area contributed by atoms with E-state index in [4.69, 9.17) is 16.3 Å². The molecular weight excluding hydrogens is 292 g/mol. The number of hydrogen-bond acceptors (Lipinski definition) is 6. The summed E-state index contributed by atoms with van der Waals surface area (Å²) in [5.41, 5.74) is 0. The highest BCUT2D eigenvalue weighted by Crippen LogP contribution is 2.29. The van der Waals surface area contributed by atoms with Crippen LogP contribution in [-0.4, -0.2) is 39.8 Å². The molecule has 2 rings (SSSR count). The number of anilines is 1. The van der Waals surface area contributed by atoms with Crippen LogP contribution in [0.2, 0.25) is 5.28 Å². The number of aliphatic hydroxyl groups excluding tert-OH is 1. The Bertz CT molecular complexity index is 447. The lowest BCUT2D eigenvalue weighted by Gasteiger charge is -2.30. The molecule has 1 aliphatic carbocycles. The van der Waals surface area contributed by atoms with Crippen molar-refractivity contribution in [3.8, 4) is 6.01 Å². The molecule has 1 aliphatic rings. The summed E-state index contributed by atoms with van der Waals surface area (Å²) < 4.78 is 5.38. The fraction of sp³-hybridized carbons (Fsp3) is 0.786. The van der Waals surface area contributed by atoms with Gasteiger partial charge in [0.25, 0.3) is 0 Å². The quantitative estimate of drug-likeness (QED) is 0.805. The van der Waals surface area contributed by atoms with Gasteiger partial charge in [-0.2, -0.15) is 15.0 Å². The van der Waals surface area contributed by atoms with Gasteiger partial charge in [-0.3, -0.25) is 0 Å². The molecule has 0 aromatic carbocycles. The predicted molar refractivity (Wildman–Crippen MR) is 81.6 cm³/mol. The van der Waals surface area contributed by atoms with Crippen molar-refractivity contribution in [2.24, 2.45) is 11.8 Å². The molecule has 21 heavy (non-hydrogen) atoms. The Morgan fingerprint density at radius 1 is 1.24 bits per heavy atom. The van der Waals surface area contributed by atoms with Crippen molar-refractivity contribution >= 4 is 17.5 Å². The van der Waals surface area contributed by atoms with Crippen molar-refractivity contribution in [2.45, 2.75) is 39.0 Å². The summed E-state index contributed by atoms with van der Waals surface area (Å²) in [7, 11) is 0. The van der Waals surface area contributed by atoms with Gasteiger partial charge in [0.05, 0.1) is 6.61 Å². The third-order valence-corrected chi connectivity index (χ3v) is 4.02. The van der Waals surface area contributed by atoms with E-state index in [9.17, 15) is 5.11 Å². The molecule has 7 heteroatoms. The lowest BCUT2D eigenvalue weighted by molar-refractivity contribution is 0.141. The summed E-state index contributed by atoms with van der Waals surface area (Å²) in [5.74, 6) is 1.24. The van der Waals surface area contributed by atoms with Crippen LogP contribution in [0, 0.1) is 11.8 Å². The average molecular weight is 315 g/mol. The molecule has 2 N–H and O–H groups in total. The molecule has 1 saturated carbocycles. The Kier molecular flexibility index (Phi) is 6.45.